The highest BCUT2D eigenvalue weighted by atomic mass is 14.5. The summed E-state index contributed by atoms with van der Waals surface area (Å²) >= 11 is 0. The smallest absolute Gasteiger partial charge is 0.0768 e. The summed E-state index contributed by atoms with van der Waals surface area (Å²) in [7, 11) is 0. The van der Waals surface area contributed by atoms with Crippen LogP contribution in [0.15, 0.2) is 0 Å². The summed E-state index contributed by atoms with van der Waals surface area (Å²) in [6.45, 7) is 5.87. The third-order valence-corrected chi connectivity index (χ3v) is 3.24. The molecule has 1 aliphatic rings. The fourth-order valence-corrected chi connectivity index (χ4v) is 2.14. The van der Waals surface area contributed by atoms with Crippen LogP contribution in [-0.2, 0) is 0 Å². The lowest BCUT2D eigenvalue weighted by Gasteiger charge is -2.29. The van der Waals surface area contributed by atoms with Gasteiger partial charge in [-0.15, -0.1) is 0 Å². The number of rotatable bonds is 2. The SMILES string of the molecule is CC(C)C1CCC(C[NH3+])CC1. The lowest BCUT2D eigenvalue weighted by molar-refractivity contribution is -0.380. The first-order chi connectivity index (χ1) is 5.24. The largest absolute Gasteiger partial charge is 0.357 e. The Morgan fingerprint density at radius 1 is 1.18 bits per heavy atom. The van der Waals surface area contributed by atoms with Crippen molar-refractivity contribution in [1.82, 2.24) is 0 Å². The van der Waals surface area contributed by atoms with Gasteiger partial charge in [-0.05, 0) is 37.5 Å². The molecule has 0 aromatic rings. The van der Waals surface area contributed by atoms with Crippen LogP contribution in [0.3, 0.4) is 0 Å². The van der Waals surface area contributed by atoms with Gasteiger partial charge in [0.25, 0.3) is 0 Å². The van der Waals surface area contributed by atoms with Crippen molar-refractivity contribution in [2.45, 2.75) is 39.5 Å². The summed E-state index contributed by atoms with van der Waals surface area (Å²) in [5.74, 6) is 2.86. The molecule has 1 fully saturated rings. The Morgan fingerprint density at radius 2 is 1.73 bits per heavy atom. The first-order valence-electron chi connectivity index (χ1n) is 5.03. The van der Waals surface area contributed by atoms with Crippen LogP contribution in [0.25, 0.3) is 0 Å². The zero-order valence-corrected chi connectivity index (χ0v) is 7.97. The minimum Gasteiger partial charge on any atom is -0.357 e. The maximum absolute atomic E-state index is 3.98. The third kappa shape index (κ3) is 2.48. The molecule has 1 nitrogen and oxygen atoms in total. The molecule has 3 N–H and O–H groups in total. The molecule has 0 radical (unpaired) electrons. The molecule has 1 aliphatic carbocycles. The first-order valence-corrected chi connectivity index (χ1v) is 5.03. The van der Waals surface area contributed by atoms with E-state index in [1.165, 1.54) is 25.7 Å². The highest BCUT2D eigenvalue weighted by Gasteiger charge is 2.22. The van der Waals surface area contributed by atoms with E-state index in [0.717, 1.165) is 24.3 Å². The van der Waals surface area contributed by atoms with E-state index < -0.39 is 0 Å². The van der Waals surface area contributed by atoms with Gasteiger partial charge in [-0.3, -0.25) is 0 Å². The van der Waals surface area contributed by atoms with Crippen molar-refractivity contribution < 1.29 is 5.73 Å². The second-order valence-electron chi connectivity index (χ2n) is 4.31. The average Bonchev–Trinajstić information content (AvgIpc) is 2.05. The molecule has 0 unspecified atom stereocenters. The molecule has 0 aliphatic heterocycles. The Labute approximate surface area is 70.4 Å². The highest BCUT2D eigenvalue weighted by Crippen LogP contribution is 2.32. The molecule has 0 aromatic heterocycles. The van der Waals surface area contributed by atoms with Crippen LogP contribution in [0, 0.1) is 17.8 Å². The summed E-state index contributed by atoms with van der Waals surface area (Å²) < 4.78 is 0. The van der Waals surface area contributed by atoms with Crippen molar-refractivity contribution in [2.24, 2.45) is 17.8 Å². The summed E-state index contributed by atoms with van der Waals surface area (Å²) in [5, 5.41) is 0. The van der Waals surface area contributed by atoms with E-state index in [-0.39, 0.29) is 0 Å². The quantitative estimate of drug-likeness (QED) is 0.630. The highest BCUT2D eigenvalue weighted by molar-refractivity contribution is 4.73. The number of hydrogen-bond acceptors (Lipinski definition) is 0. The fourth-order valence-electron chi connectivity index (χ4n) is 2.14. The number of quaternary nitrogens is 1. The molecule has 1 rings (SSSR count). The van der Waals surface area contributed by atoms with E-state index in [9.17, 15) is 0 Å². The fraction of sp³-hybridized carbons (Fsp3) is 1.00. The van der Waals surface area contributed by atoms with Gasteiger partial charge in [0, 0.05) is 5.92 Å². The van der Waals surface area contributed by atoms with Gasteiger partial charge >= 0.3 is 0 Å². The molecule has 0 saturated heterocycles. The lowest BCUT2D eigenvalue weighted by Crippen LogP contribution is -2.54. The van der Waals surface area contributed by atoms with E-state index >= 15 is 0 Å². The van der Waals surface area contributed by atoms with E-state index in [1.807, 2.05) is 0 Å². The van der Waals surface area contributed by atoms with Crippen LogP contribution in [0.1, 0.15) is 39.5 Å². The van der Waals surface area contributed by atoms with Gasteiger partial charge in [-0.25, -0.2) is 0 Å². The molecule has 11 heavy (non-hydrogen) atoms. The van der Waals surface area contributed by atoms with Crippen molar-refractivity contribution in [3.05, 3.63) is 0 Å². The summed E-state index contributed by atoms with van der Waals surface area (Å²) in [4.78, 5) is 0. The summed E-state index contributed by atoms with van der Waals surface area (Å²) in [6.07, 6.45) is 5.79. The van der Waals surface area contributed by atoms with Gasteiger partial charge in [-0.2, -0.15) is 0 Å². The van der Waals surface area contributed by atoms with Crippen molar-refractivity contribution in [3.63, 3.8) is 0 Å². The van der Waals surface area contributed by atoms with Crippen molar-refractivity contribution in [2.75, 3.05) is 6.54 Å². The molecule has 0 spiro atoms. The van der Waals surface area contributed by atoms with Gasteiger partial charge in [-0.1, -0.05) is 13.8 Å². The maximum Gasteiger partial charge on any atom is 0.0768 e. The second kappa shape index (κ2) is 4.10. The molecule has 0 amide bonds. The van der Waals surface area contributed by atoms with Gasteiger partial charge in [0.05, 0.1) is 6.54 Å². The lowest BCUT2D eigenvalue weighted by atomic mass is 9.77. The first kappa shape index (κ1) is 9.05. The minimum absolute atomic E-state index is 0.903. The molecule has 0 aromatic carbocycles. The van der Waals surface area contributed by atoms with Crippen LogP contribution >= 0.6 is 0 Å². The van der Waals surface area contributed by atoms with E-state index in [2.05, 4.69) is 19.6 Å². The minimum atomic E-state index is 0.903. The van der Waals surface area contributed by atoms with Gasteiger partial charge < -0.3 is 5.73 Å². The van der Waals surface area contributed by atoms with Crippen LogP contribution in [0.5, 0.6) is 0 Å². The van der Waals surface area contributed by atoms with Crippen LogP contribution in [0.4, 0.5) is 0 Å². The van der Waals surface area contributed by atoms with Gasteiger partial charge in [0.15, 0.2) is 0 Å². The zero-order valence-electron chi connectivity index (χ0n) is 7.97. The van der Waals surface area contributed by atoms with Crippen LogP contribution < -0.4 is 5.73 Å². The standard InChI is InChI=1S/C10H21N/c1-8(2)10-5-3-9(7-11)4-6-10/h8-10H,3-7,11H2,1-2H3/p+1. The van der Waals surface area contributed by atoms with Crippen LogP contribution in [-0.4, -0.2) is 6.54 Å². The maximum atomic E-state index is 3.98. The predicted molar refractivity (Wildman–Crippen MR) is 48.0 cm³/mol. The summed E-state index contributed by atoms with van der Waals surface area (Å²) in [5.41, 5.74) is 3.98. The molecular formula is C10H22N+. The predicted octanol–water partition coefficient (Wildman–Crippen LogP) is 1.69. The second-order valence-corrected chi connectivity index (χ2v) is 4.31. The molecule has 0 heterocycles. The Hall–Kier alpha value is -0.0400. The third-order valence-electron chi connectivity index (χ3n) is 3.24. The Kier molecular flexibility index (Phi) is 3.38. The van der Waals surface area contributed by atoms with E-state index in [0.29, 0.717) is 0 Å². The Balaban J connectivity index is 2.24. The topological polar surface area (TPSA) is 27.6 Å². The molecule has 0 bridgehead atoms. The Morgan fingerprint density at radius 3 is 2.09 bits per heavy atom. The van der Waals surface area contributed by atoms with Crippen molar-refractivity contribution in [1.29, 1.82) is 0 Å². The molecular weight excluding hydrogens is 134 g/mol. The Bertz CT molecular complexity index is 101. The summed E-state index contributed by atoms with van der Waals surface area (Å²) in [6, 6.07) is 0. The van der Waals surface area contributed by atoms with E-state index in [1.54, 1.807) is 0 Å². The van der Waals surface area contributed by atoms with Crippen molar-refractivity contribution >= 4 is 0 Å². The normalized spacial score (nSPS) is 32.7. The van der Waals surface area contributed by atoms with Gasteiger partial charge in [0.2, 0.25) is 0 Å². The van der Waals surface area contributed by atoms with E-state index in [4.69, 9.17) is 0 Å². The molecule has 0 atom stereocenters. The van der Waals surface area contributed by atoms with Gasteiger partial charge in [0.1, 0.15) is 0 Å². The molecule has 1 saturated carbocycles. The zero-order chi connectivity index (χ0) is 8.27. The van der Waals surface area contributed by atoms with Crippen molar-refractivity contribution in [3.8, 4) is 0 Å². The molecule has 66 valence electrons. The average molecular weight is 156 g/mol. The number of hydrogen-bond donors (Lipinski definition) is 1. The monoisotopic (exact) mass is 156 g/mol. The van der Waals surface area contributed by atoms with Crippen LogP contribution in [0.2, 0.25) is 0 Å². The molecule has 1 heteroatoms.